The summed E-state index contributed by atoms with van der Waals surface area (Å²) in [6.45, 7) is 0.333. The summed E-state index contributed by atoms with van der Waals surface area (Å²) in [5.74, 6) is 0.397. The molecule has 4 rings (SSSR count). The van der Waals surface area contributed by atoms with E-state index in [2.05, 4.69) is 5.32 Å². The lowest BCUT2D eigenvalue weighted by Gasteiger charge is -2.28. The molecule has 1 aliphatic rings. The minimum absolute atomic E-state index is 0.107. The first-order valence-corrected chi connectivity index (χ1v) is 11.6. The molecule has 3 aromatic carbocycles. The van der Waals surface area contributed by atoms with E-state index in [0.29, 0.717) is 13.0 Å². The fourth-order valence-electron chi connectivity index (χ4n) is 3.65. The van der Waals surface area contributed by atoms with E-state index >= 15 is 0 Å². The summed E-state index contributed by atoms with van der Waals surface area (Å²) in [4.78, 5) is 13.1. The molecule has 1 unspecified atom stereocenters. The second kappa shape index (κ2) is 9.32. The molecule has 6 nitrogen and oxygen atoms in total. The maximum absolute atomic E-state index is 13.3. The van der Waals surface area contributed by atoms with E-state index in [1.165, 1.54) is 4.31 Å². The Morgan fingerprint density at radius 3 is 2.32 bits per heavy atom. The molecule has 0 aromatic heterocycles. The number of nitrogens with zero attached hydrogens (tertiary/aromatic N) is 1. The maximum Gasteiger partial charge on any atom is 0.243 e. The van der Waals surface area contributed by atoms with Crippen molar-refractivity contribution < 1.29 is 17.9 Å². The molecule has 0 spiro atoms. The van der Waals surface area contributed by atoms with Crippen molar-refractivity contribution in [1.82, 2.24) is 9.62 Å². The van der Waals surface area contributed by atoms with E-state index < -0.39 is 10.0 Å². The lowest BCUT2D eigenvalue weighted by atomic mass is 10.0. The number of amides is 1. The molecule has 0 saturated carbocycles. The van der Waals surface area contributed by atoms with Crippen LogP contribution in [0.5, 0.6) is 5.75 Å². The summed E-state index contributed by atoms with van der Waals surface area (Å²) in [6, 6.07) is 24.8. The summed E-state index contributed by atoms with van der Waals surface area (Å²) < 4.78 is 33.4. The van der Waals surface area contributed by atoms with Crippen LogP contribution in [0.15, 0.2) is 89.8 Å². The zero-order valence-electron chi connectivity index (χ0n) is 17.0. The molecular weight excluding hydrogens is 412 g/mol. The van der Waals surface area contributed by atoms with Gasteiger partial charge in [0.2, 0.25) is 15.9 Å². The summed E-state index contributed by atoms with van der Waals surface area (Å²) in [5.41, 5.74) is 1.72. The Morgan fingerprint density at radius 1 is 0.935 bits per heavy atom. The van der Waals surface area contributed by atoms with Crippen molar-refractivity contribution in [3.05, 3.63) is 96.1 Å². The Balaban J connectivity index is 1.55. The third-order valence-electron chi connectivity index (χ3n) is 5.20. The van der Waals surface area contributed by atoms with Gasteiger partial charge in [-0.2, -0.15) is 4.31 Å². The molecule has 7 heteroatoms. The van der Waals surface area contributed by atoms with Crippen molar-refractivity contribution in [2.24, 2.45) is 0 Å². The Labute approximate surface area is 182 Å². The number of para-hydroxylation sites is 1. The van der Waals surface area contributed by atoms with Crippen molar-refractivity contribution in [2.45, 2.75) is 23.9 Å². The van der Waals surface area contributed by atoms with E-state index in [4.69, 9.17) is 4.74 Å². The Hall–Kier alpha value is -3.16. The van der Waals surface area contributed by atoms with Crippen LogP contribution in [0.4, 0.5) is 0 Å². The second-order valence-corrected chi connectivity index (χ2v) is 9.30. The Bertz CT molecular complexity index is 1130. The van der Waals surface area contributed by atoms with Crippen LogP contribution < -0.4 is 10.1 Å². The number of benzene rings is 3. The highest BCUT2D eigenvalue weighted by molar-refractivity contribution is 7.89. The smallest absolute Gasteiger partial charge is 0.243 e. The number of ether oxygens (including phenoxy) is 1. The lowest BCUT2D eigenvalue weighted by Crippen LogP contribution is -2.42. The van der Waals surface area contributed by atoms with E-state index in [0.717, 1.165) is 16.9 Å². The standard InChI is InChI=1S/C24H24N2O4S/c27-24(25-22-15-16-30-23-14-8-7-13-21(22)23)18-26(17-19-9-3-1-4-10-19)31(28,29)20-11-5-2-6-12-20/h1-14,22H,15-18H2,(H,25,27). The number of nitrogens with one attached hydrogen (secondary N) is 1. The molecule has 0 saturated heterocycles. The van der Waals surface area contributed by atoms with Gasteiger partial charge in [0.1, 0.15) is 5.75 Å². The van der Waals surface area contributed by atoms with Crippen LogP contribution in [-0.2, 0) is 21.4 Å². The maximum atomic E-state index is 13.3. The van der Waals surface area contributed by atoms with E-state index in [9.17, 15) is 13.2 Å². The van der Waals surface area contributed by atoms with Crippen LogP contribution in [0.1, 0.15) is 23.6 Å². The first kappa shape index (κ1) is 21.1. The number of carbonyl (C=O) groups excluding carboxylic acids is 1. The van der Waals surface area contributed by atoms with E-state index in [-0.39, 0.29) is 29.9 Å². The summed E-state index contributed by atoms with van der Waals surface area (Å²) >= 11 is 0. The van der Waals surface area contributed by atoms with Gasteiger partial charge >= 0.3 is 0 Å². The molecule has 1 aliphatic heterocycles. The third kappa shape index (κ3) is 4.95. The molecule has 160 valence electrons. The summed E-state index contributed by atoms with van der Waals surface area (Å²) in [5, 5.41) is 2.99. The van der Waals surface area contributed by atoms with Gasteiger partial charge in [-0.25, -0.2) is 8.42 Å². The van der Waals surface area contributed by atoms with Crippen LogP contribution in [0.3, 0.4) is 0 Å². The predicted octanol–water partition coefficient (Wildman–Crippen LogP) is 3.52. The Kier molecular flexibility index (Phi) is 6.34. The number of fused-ring (bicyclic) bond motifs is 1. The topological polar surface area (TPSA) is 75.7 Å². The first-order valence-electron chi connectivity index (χ1n) is 10.1. The van der Waals surface area contributed by atoms with Gasteiger partial charge in [0.25, 0.3) is 0 Å². The van der Waals surface area contributed by atoms with Gasteiger partial charge < -0.3 is 10.1 Å². The monoisotopic (exact) mass is 436 g/mol. The molecule has 0 radical (unpaired) electrons. The van der Waals surface area contributed by atoms with Crippen molar-refractivity contribution >= 4 is 15.9 Å². The summed E-state index contributed by atoms with van der Waals surface area (Å²) in [6.07, 6.45) is 0.632. The van der Waals surface area contributed by atoms with Gasteiger partial charge in [0.15, 0.2) is 0 Å². The minimum atomic E-state index is -3.85. The molecule has 1 amide bonds. The van der Waals surface area contributed by atoms with Gasteiger partial charge in [-0.05, 0) is 23.8 Å². The predicted molar refractivity (Wildman–Crippen MR) is 118 cm³/mol. The van der Waals surface area contributed by atoms with E-state index in [1.54, 1.807) is 30.3 Å². The Morgan fingerprint density at radius 2 is 1.58 bits per heavy atom. The van der Waals surface area contributed by atoms with Crippen LogP contribution >= 0.6 is 0 Å². The molecule has 0 fully saturated rings. The van der Waals surface area contributed by atoms with Crippen LogP contribution in [0, 0.1) is 0 Å². The molecule has 1 atom stereocenters. The van der Waals surface area contributed by atoms with Gasteiger partial charge in [-0.15, -0.1) is 0 Å². The molecule has 31 heavy (non-hydrogen) atoms. The van der Waals surface area contributed by atoms with Gasteiger partial charge in [0, 0.05) is 18.5 Å². The zero-order chi connectivity index (χ0) is 21.7. The molecule has 0 aliphatic carbocycles. The van der Waals surface area contributed by atoms with Crippen LogP contribution in [0.2, 0.25) is 0 Å². The highest BCUT2D eigenvalue weighted by Crippen LogP contribution is 2.31. The molecule has 1 heterocycles. The SMILES string of the molecule is O=C(CN(Cc1ccccc1)S(=O)(=O)c1ccccc1)NC1CCOc2ccccc21. The normalized spacial score (nSPS) is 15.7. The second-order valence-electron chi connectivity index (χ2n) is 7.37. The highest BCUT2D eigenvalue weighted by atomic mass is 32.2. The van der Waals surface area contributed by atoms with Crippen molar-refractivity contribution in [1.29, 1.82) is 0 Å². The first-order chi connectivity index (χ1) is 15.0. The van der Waals surface area contributed by atoms with Crippen LogP contribution in [0.25, 0.3) is 0 Å². The quantitative estimate of drug-likeness (QED) is 0.615. The number of carbonyl (C=O) groups is 1. The van der Waals surface area contributed by atoms with Crippen molar-refractivity contribution in [3.8, 4) is 5.75 Å². The largest absolute Gasteiger partial charge is 0.493 e. The van der Waals surface area contributed by atoms with Gasteiger partial charge in [-0.3, -0.25) is 4.79 Å². The number of sulfonamides is 1. The van der Waals surface area contributed by atoms with Crippen LogP contribution in [-0.4, -0.2) is 31.8 Å². The average molecular weight is 437 g/mol. The third-order valence-corrected chi connectivity index (χ3v) is 7.00. The van der Waals surface area contributed by atoms with Gasteiger partial charge in [-0.1, -0.05) is 66.7 Å². The zero-order valence-corrected chi connectivity index (χ0v) is 17.8. The molecule has 1 N–H and O–H groups in total. The average Bonchev–Trinajstić information content (AvgIpc) is 2.80. The lowest BCUT2D eigenvalue weighted by molar-refractivity contribution is -0.122. The minimum Gasteiger partial charge on any atom is -0.493 e. The molecular formula is C24H24N2O4S. The van der Waals surface area contributed by atoms with Crippen molar-refractivity contribution in [2.75, 3.05) is 13.2 Å². The van der Waals surface area contributed by atoms with Crippen molar-refractivity contribution in [3.63, 3.8) is 0 Å². The highest BCUT2D eigenvalue weighted by Gasteiger charge is 2.29. The number of rotatable bonds is 7. The van der Waals surface area contributed by atoms with Gasteiger partial charge in [0.05, 0.1) is 24.1 Å². The fourth-order valence-corrected chi connectivity index (χ4v) is 5.05. The molecule has 0 bridgehead atoms. The fraction of sp³-hybridized carbons (Fsp3) is 0.208. The molecule has 3 aromatic rings. The number of hydrogen-bond donors (Lipinski definition) is 1. The summed E-state index contributed by atoms with van der Waals surface area (Å²) in [7, 11) is -3.85. The number of hydrogen-bond acceptors (Lipinski definition) is 4. The van der Waals surface area contributed by atoms with E-state index in [1.807, 2.05) is 54.6 Å².